The van der Waals surface area contributed by atoms with Crippen LogP contribution in [0.4, 0.5) is 0 Å². The molecule has 1 amide bonds. The molecule has 2 aromatic heterocycles. The minimum atomic E-state index is -0.365. The molecule has 2 N–H and O–H groups in total. The predicted molar refractivity (Wildman–Crippen MR) is 96.1 cm³/mol. The molecular weight excluding hydrogens is 364 g/mol. The van der Waals surface area contributed by atoms with Crippen molar-refractivity contribution in [1.82, 2.24) is 15.2 Å². The summed E-state index contributed by atoms with van der Waals surface area (Å²) in [6.45, 7) is 2.04. The van der Waals surface area contributed by atoms with Gasteiger partial charge in [0.1, 0.15) is 6.26 Å². The molecule has 1 aromatic carbocycles. The van der Waals surface area contributed by atoms with Crippen molar-refractivity contribution in [2.45, 2.75) is 21.4 Å². The number of oxazole rings is 1. The van der Waals surface area contributed by atoms with Gasteiger partial charge in [0.05, 0.1) is 11.4 Å². The summed E-state index contributed by atoms with van der Waals surface area (Å²) in [5.74, 6) is 1.10. The molecular formula is C15H14N4O2S3. The number of aromatic nitrogens is 3. The molecule has 0 saturated carbocycles. The molecule has 0 spiro atoms. The summed E-state index contributed by atoms with van der Waals surface area (Å²) in [4.78, 5) is 15.3. The van der Waals surface area contributed by atoms with Crippen LogP contribution in [-0.2, 0) is 10.5 Å². The quantitative estimate of drug-likeness (QED) is 0.630. The Morgan fingerprint density at radius 3 is 2.62 bits per heavy atom. The number of carbonyl (C=O) groups excluding carboxylic acids is 1. The Morgan fingerprint density at radius 1 is 1.21 bits per heavy atom. The van der Waals surface area contributed by atoms with Gasteiger partial charge in [0, 0.05) is 11.3 Å². The monoisotopic (exact) mass is 378 g/mol. The molecule has 0 unspecified atom stereocenters. The lowest BCUT2D eigenvalue weighted by Crippen LogP contribution is -2.12. The number of primary amides is 1. The summed E-state index contributed by atoms with van der Waals surface area (Å²) in [6.07, 6.45) is 1.66. The van der Waals surface area contributed by atoms with Crippen molar-refractivity contribution < 1.29 is 9.21 Å². The van der Waals surface area contributed by atoms with Gasteiger partial charge in [-0.25, -0.2) is 4.98 Å². The summed E-state index contributed by atoms with van der Waals surface area (Å²) < 4.78 is 7.09. The standard InChI is InChI=1S/C15H14N4O2S3/c1-9-2-4-10(5-3-9)13-17-11(6-21-13)7-22-14-18-19-15(24-14)23-8-12(16)20/h2-6H,7-8H2,1H3,(H2,16,20). The largest absolute Gasteiger partial charge is 0.444 e. The number of rotatable bonds is 7. The SMILES string of the molecule is Cc1ccc(-c2nc(CSc3nnc(SCC(N)=O)s3)co2)cc1. The molecule has 124 valence electrons. The molecule has 0 fully saturated rings. The first-order valence-corrected chi connectivity index (χ1v) is 9.78. The molecule has 2 heterocycles. The summed E-state index contributed by atoms with van der Waals surface area (Å²) >= 11 is 4.27. The van der Waals surface area contributed by atoms with E-state index in [2.05, 4.69) is 15.2 Å². The number of thioether (sulfide) groups is 2. The molecule has 24 heavy (non-hydrogen) atoms. The Bertz CT molecular complexity index is 829. The highest BCUT2D eigenvalue weighted by Crippen LogP contribution is 2.31. The number of nitrogens with two attached hydrogens (primary N) is 1. The molecule has 0 saturated heterocycles. The second-order valence-corrected chi connectivity index (χ2v) is 8.31. The highest BCUT2D eigenvalue weighted by atomic mass is 32.2. The van der Waals surface area contributed by atoms with Gasteiger partial charge in [-0.2, -0.15) is 0 Å². The van der Waals surface area contributed by atoms with Crippen LogP contribution in [0.15, 0.2) is 43.6 Å². The average molecular weight is 379 g/mol. The highest BCUT2D eigenvalue weighted by Gasteiger charge is 2.10. The summed E-state index contributed by atoms with van der Waals surface area (Å²) in [6, 6.07) is 8.04. The van der Waals surface area contributed by atoms with Gasteiger partial charge in [-0.3, -0.25) is 4.79 Å². The molecule has 0 radical (unpaired) electrons. The van der Waals surface area contributed by atoms with E-state index in [1.165, 1.54) is 40.4 Å². The highest BCUT2D eigenvalue weighted by molar-refractivity contribution is 8.03. The molecule has 0 atom stereocenters. The van der Waals surface area contributed by atoms with E-state index in [1.54, 1.807) is 6.26 Å². The van der Waals surface area contributed by atoms with Crippen molar-refractivity contribution in [3.63, 3.8) is 0 Å². The van der Waals surface area contributed by atoms with Crippen LogP contribution < -0.4 is 5.73 Å². The zero-order valence-electron chi connectivity index (χ0n) is 12.8. The van der Waals surface area contributed by atoms with Crippen LogP contribution >= 0.6 is 34.9 Å². The first-order chi connectivity index (χ1) is 11.6. The van der Waals surface area contributed by atoms with Gasteiger partial charge < -0.3 is 10.2 Å². The van der Waals surface area contributed by atoms with Gasteiger partial charge in [-0.05, 0) is 19.1 Å². The molecule has 0 aliphatic rings. The second-order valence-electron chi connectivity index (χ2n) is 4.89. The Labute approximate surface area is 151 Å². The lowest BCUT2D eigenvalue weighted by Gasteiger charge is -1.95. The number of aryl methyl sites for hydroxylation is 1. The van der Waals surface area contributed by atoms with Crippen molar-refractivity contribution >= 4 is 40.8 Å². The number of hydrogen-bond acceptors (Lipinski definition) is 8. The van der Waals surface area contributed by atoms with Gasteiger partial charge in [0.2, 0.25) is 11.8 Å². The van der Waals surface area contributed by atoms with Crippen LogP contribution in [-0.4, -0.2) is 26.8 Å². The smallest absolute Gasteiger partial charge is 0.227 e. The lowest BCUT2D eigenvalue weighted by molar-refractivity contribution is -0.115. The van der Waals surface area contributed by atoms with Crippen molar-refractivity contribution in [3.8, 4) is 11.5 Å². The molecule has 0 aliphatic carbocycles. The third-order valence-corrected chi connectivity index (χ3v) is 6.17. The first kappa shape index (κ1) is 17.0. The Balaban J connectivity index is 1.57. The van der Waals surface area contributed by atoms with Crippen LogP contribution in [0, 0.1) is 6.92 Å². The fourth-order valence-corrected chi connectivity index (χ4v) is 4.42. The predicted octanol–water partition coefficient (Wildman–Crippen LogP) is 3.37. The van der Waals surface area contributed by atoms with Crippen molar-refractivity contribution in [1.29, 1.82) is 0 Å². The normalized spacial score (nSPS) is 10.9. The molecule has 0 bridgehead atoms. The molecule has 3 rings (SSSR count). The van der Waals surface area contributed by atoms with E-state index in [-0.39, 0.29) is 11.7 Å². The lowest BCUT2D eigenvalue weighted by atomic mass is 10.1. The van der Waals surface area contributed by atoms with Gasteiger partial charge in [0.25, 0.3) is 0 Å². The van der Waals surface area contributed by atoms with Crippen LogP contribution in [0.2, 0.25) is 0 Å². The van der Waals surface area contributed by atoms with E-state index >= 15 is 0 Å². The van der Waals surface area contributed by atoms with Gasteiger partial charge >= 0.3 is 0 Å². The summed E-state index contributed by atoms with van der Waals surface area (Å²) in [5.41, 5.74) is 8.11. The molecule has 6 nitrogen and oxygen atoms in total. The fourth-order valence-electron chi connectivity index (χ4n) is 1.78. The van der Waals surface area contributed by atoms with Gasteiger partial charge in [0.15, 0.2) is 8.68 Å². The zero-order chi connectivity index (χ0) is 16.9. The zero-order valence-corrected chi connectivity index (χ0v) is 15.2. The Kier molecular flexibility index (Phi) is 5.54. The van der Waals surface area contributed by atoms with Crippen molar-refractivity contribution in [3.05, 3.63) is 41.8 Å². The Hall–Kier alpha value is -1.84. The van der Waals surface area contributed by atoms with Crippen LogP contribution in [0.3, 0.4) is 0 Å². The maximum Gasteiger partial charge on any atom is 0.227 e. The van der Waals surface area contributed by atoms with E-state index in [4.69, 9.17) is 10.2 Å². The average Bonchev–Trinajstić information content (AvgIpc) is 3.21. The van der Waals surface area contributed by atoms with E-state index in [9.17, 15) is 4.79 Å². The van der Waals surface area contributed by atoms with E-state index in [0.29, 0.717) is 11.6 Å². The third kappa shape index (κ3) is 4.59. The van der Waals surface area contributed by atoms with Crippen molar-refractivity contribution in [2.75, 3.05) is 5.75 Å². The third-order valence-electron chi connectivity index (χ3n) is 2.92. The number of amides is 1. The number of carbonyl (C=O) groups is 1. The van der Waals surface area contributed by atoms with E-state index < -0.39 is 0 Å². The topological polar surface area (TPSA) is 94.9 Å². The molecule has 9 heteroatoms. The number of nitrogens with zero attached hydrogens (tertiary/aromatic N) is 3. The fraction of sp³-hybridized carbons (Fsp3) is 0.200. The van der Waals surface area contributed by atoms with Crippen LogP contribution in [0.1, 0.15) is 11.3 Å². The van der Waals surface area contributed by atoms with E-state index in [0.717, 1.165) is 19.9 Å². The van der Waals surface area contributed by atoms with Crippen molar-refractivity contribution in [2.24, 2.45) is 5.73 Å². The summed E-state index contributed by atoms with van der Waals surface area (Å²) in [7, 11) is 0. The van der Waals surface area contributed by atoms with Crippen LogP contribution in [0.5, 0.6) is 0 Å². The van der Waals surface area contributed by atoms with Crippen LogP contribution in [0.25, 0.3) is 11.5 Å². The Morgan fingerprint density at radius 2 is 1.92 bits per heavy atom. The second kappa shape index (κ2) is 7.82. The summed E-state index contributed by atoms with van der Waals surface area (Å²) in [5, 5.41) is 8.10. The van der Waals surface area contributed by atoms with Gasteiger partial charge in [-0.1, -0.05) is 52.6 Å². The minimum absolute atomic E-state index is 0.211. The molecule has 0 aliphatic heterocycles. The number of benzene rings is 1. The van der Waals surface area contributed by atoms with E-state index in [1.807, 2.05) is 31.2 Å². The maximum absolute atomic E-state index is 10.8. The van der Waals surface area contributed by atoms with Gasteiger partial charge in [-0.15, -0.1) is 10.2 Å². The number of hydrogen-bond donors (Lipinski definition) is 1. The minimum Gasteiger partial charge on any atom is -0.444 e. The molecule has 3 aromatic rings. The maximum atomic E-state index is 10.8. The first-order valence-electron chi connectivity index (χ1n) is 6.99.